The van der Waals surface area contributed by atoms with Crippen molar-refractivity contribution < 1.29 is 19.1 Å². The summed E-state index contributed by atoms with van der Waals surface area (Å²) in [6.45, 7) is 6.18. The molecule has 0 spiro atoms. The maximum absolute atomic E-state index is 11.7. The summed E-state index contributed by atoms with van der Waals surface area (Å²) >= 11 is 0. The topological polar surface area (TPSA) is 103 Å². The van der Waals surface area contributed by atoms with Crippen molar-refractivity contribution in [3.8, 4) is 5.75 Å². The van der Waals surface area contributed by atoms with Crippen molar-refractivity contribution in [3.63, 3.8) is 0 Å². The Morgan fingerprint density at radius 1 is 1.32 bits per heavy atom. The van der Waals surface area contributed by atoms with Gasteiger partial charge in [0, 0.05) is 12.2 Å². The largest absolute Gasteiger partial charge is 0.491 e. The lowest BCUT2D eigenvalue weighted by molar-refractivity contribution is -0.122. The Kier molecular flexibility index (Phi) is 7.18. The summed E-state index contributed by atoms with van der Waals surface area (Å²) in [6.07, 6.45) is 0.0983. The van der Waals surface area contributed by atoms with Crippen LogP contribution in [-0.4, -0.2) is 37.8 Å². The first kappa shape index (κ1) is 17.8. The Balaban J connectivity index is 2.38. The number of nitrogens with one attached hydrogen (secondary N) is 2. The lowest BCUT2D eigenvalue weighted by Crippen LogP contribution is -2.32. The van der Waals surface area contributed by atoms with E-state index in [4.69, 9.17) is 15.2 Å². The van der Waals surface area contributed by atoms with Crippen LogP contribution in [0.1, 0.15) is 19.4 Å². The van der Waals surface area contributed by atoms with Gasteiger partial charge in [0.2, 0.25) is 5.91 Å². The number of amides is 3. The van der Waals surface area contributed by atoms with Gasteiger partial charge >= 0.3 is 6.03 Å². The molecule has 0 saturated carbocycles. The molecule has 1 aromatic rings. The minimum atomic E-state index is -0.538. The molecule has 0 aliphatic rings. The molecule has 0 unspecified atom stereocenters. The molecule has 1 aromatic carbocycles. The van der Waals surface area contributed by atoms with Crippen LogP contribution < -0.4 is 21.1 Å². The molecule has 0 heterocycles. The number of aryl methyl sites for hydroxylation is 1. The van der Waals surface area contributed by atoms with E-state index in [1.807, 2.05) is 32.9 Å². The highest BCUT2D eigenvalue weighted by molar-refractivity contribution is 5.89. The van der Waals surface area contributed by atoms with Crippen LogP contribution in [0.3, 0.4) is 0 Å². The second kappa shape index (κ2) is 8.89. The van der Waals surface area contributed by atoms with E-state index in [2.05, 4.69) is 10.6 Å². The predicted octanol–water partition coefficient (Wildman–Crippen LogP) is 1.41. The van der Waals surface area contributed by atoms with Crippen LogP contribution in [0.4, 0.5) is 10.5 Å². The van der Waals surface area contributed by atoms with Gasteiger partial charge in [-0.05, 0) is 44.5 Å². The first-order valence-corrected chi connectivity index (χ1v) is 7.06. The Morgan fingerprint density at radius 2 is 2.05 bits per heavy atom. The van der Waals surface area contributed by atoms with Gasteiger partial charge in [-0.3, -0.25) is 4.79 Å². The highest BCUT2D eigenvalue weighted by Gasteiger charge is 2.06. The fourth-order valence-corrected chi connectivity index (χ4v) is 1.70. The zero-order valence-electron chi connectivity index (χ0n) is 13.1. The maximum Gasteiger partial charge on any atom is 0.319 e. The molecule has 4 N–H and O–H groups in total. The van der Waals surface area contributed by atoms with Crippen LogP contribution in [-0.2, 0) is 9.53 Å². The number of hydrogen-bond acceptors (Lipinski definition) is 4. The standard InChI is InChI=1S/C15H23N3O4/c1-10(2)22-13-5-4-12(8-11(13)3)18-15(20)17-6-7-21-9-14(16)19/h4-5,8,10H,6-7,9H2,1-3H3,(H2,16,19)(H2,17,18,20). The van der Waals surface area contributed by atoms with Gasteiger partial charge in [0.25, 0.3) is 0 Å². The molecule has 0 atom stereocenters. The maximum atomic E-state index is 11.7. The van der Waals surface area contributed by atoms with Gasteiger partial charge in [0.05, 0.1) is 12.7 Å². The zero-order valence-corrected chi connectivity index (χ0v) is 13.1. The van der Waals surface area contributed by atoms with E-state index >= 15 is 0 Å². The first-order valence-electron chi connectivity index (χ1n) is 7.06. The molecule has 0 aromatic heterocycles. The van der Waals surface area contributed by atoms with E-state index in [0.717, 1.165) is 11.3 Å². The number of anilines is 1. The smallest absolute Gasteiger partial charge is 0.319 e. The molecule has 0 bridgehead atoms. The van der Waals surface area contributed by atoms with Crippen molar-refractivity contribution in [2.75, 3.05) is 25.1 Å². The highest BCUT2D eigenvalue weighted by Crippen LogP contribution is 2.22. The van der Waals surface area contributed by atoms with E-state index in [9.17, 15) is 9.59 Å². The summed E-state index contributed by atoms with van der Waals surface area (Å²) in [5, 5.41) is 5.32. The number of benzene rings is 1. The molecule has 7 nitrogen and oxygen atoms in total. The molecular weight excluding hydrogens is 286 g/mol. The molecule has 7 heteroatoms. The number of nitrogens with two attached hydrogens (primary N) is 1. The molecule has 0 fully saturated rings. The molecule has 3 amide bonds. The molecule has 122 valence electrons. The van der Waals surface area contributed by atoms with Crippen LogP contribution in [0.5, 0.6) is 5.75 Å². The second-order valence-electron chi connectivity index (χ2n) is 5.05. The summed E-state index contributed by atoms with van der Waals surface area (Å²) in [7, 11) is 0. The van der Waals surface area contributed by atoms with Crippen LogP contribution in [0, 0.1) is 6.92 Å². The van der Waals surface area contributed by atoms with Gasteiger partial charge in [-0.25, -0.2) is 4.79 Å². The summed E-state index contributed by atoms with van der Waals surface area (Å²) in [4.78, 5) is 22.1. The van der Waals surface area contributed by atoms with E-state index in [-0.39, 0.29) is 31.9 Å². The van der Waals surface area contributed by atoms with Crippen molar-refractivity contribution in [2.45, 2.75) is 26.9 Å². The fourth-order valence-electron chi connectivity index (χ4n) is 1.70. The van der Waals surface area contributed by atoms with Crippen molar-refractivity contribution >= 4 is 17.6 Å². The molecule has 1 rings (SSSR count). The van der Waals surface area contributed by atoms with Crippen molar-refractivity contribution in [1.82, 2.24) is 5.32 Å². The normalized spacial score (nSPS) is 10.4. The number of hydrogen-bond donors (Lipinski definition) is 3. The molecule has 0 saturated heterocycles. The van der Waals surface area contributed by atoms with E-state index in [0.29, 0.717) is 5.69 Å². The monoisotopic (exact) mass is 309 g/mol. The lowest BCUT2D eigenvalue weighted by atomic mass is 10.2. The molecule has 0 radical (unpaired) electrons. The average molecular weight is 309 g/mol. The number of carbonyl (C=O) groups is 2. The number of ether oxygens (including phenoxy) is 2. The second-order valence-corrected chi connectivity index (χ2v) is 5.05. The Morgan fingerprint density at radius 3 is 2.64 bits per heavy atom. The van der Waals surface area contributed by atoms with E-state index < -0.39 is 5.91 Å². The lowest BCUT2D eigenvalue weighted by Gasteiger charge is -2.14. The number of rotatable bonds is 8. The van der Waals surface area contributed by atoms with Gasteiger partial charge in [0.1, 0.15) is 12.4 Å². The SMILES string of the molecule is Cc1cc(NC(=O)NCCOCC(N)=O)ccc1OC(C)C. The number of carbonyl (C=O) groups excluding carboxylic acids is 2. The van der Waals surface area contributed by atoms with E-state index in [1.165, 1.54) is 0 Å². The van der Waals surface area contributed by atoms with E-state index in [1.54, 1.807) is 6.07 Å². The summed E-state index contributed by atoms with van der Waals surface area (Å²) in [5.41, 5.74) is 6.53. The average Bonchev–Trinajstić information content (AvgIpc) is 2.40. The van der Waals surface area contributed by atoms with Gasteiger partial charge in [-0.15, -0.1) is 0 Å². The molecule has 0 aliphatic heterocycles. The number of primary amides is 1. The third kappa shape index (κ3) is 6.94. The van der Waals surface area contributed by atoms with Gasteiger partial charge in [-0.2, -0.15) is 0 Å². The molecule has 0 aliphatic carbocycles. The Labute approximate surface area is 130 Å². The quantitative estimate of drug-likeness (QED) is 0.632. The van der Waals surface area contributed by atoms with Gasteiger partial charge in [-0.1, -0.05) is 0 Å². The third-order valence-corrected chi connectivity index (χ3v) is 2.57. The van der Waals surface area contributed by atoms with Crippen LogP contribution in [0.15, 0.2) is 18.2 Å². The van der Waals surface area contributed by atoms with Crippen molar-refractivity contribution in [3.05, 3.63) is 23.8 Å². The molecular formula is C15H23N3O4. The Hall–Kier alpha value is -2.28. The summed E-state index contributed by atoms with van der Waals surface area (Å²) in [6, 6.07) is 5.08. The van der Waals surface area contributed by atoms with Crippen molar-refractivity contribution in [2.24, 2.45) is 5.73 Å². The van der Waals surface area contributed by atoms with Crippen molar-refractivity contribution in [1.29, 1.82) is 0 Å². The predicted molar refractivity (Wildman–Crippen MR) is 84.0 cm³/mol. The first-order chi connectivity index (χ1) is 10.4. The van der Waals surface area contributed by atoms with Crippen LogP contribution in [0.25, 0.3) is 0 Å². The molecule has 22 heavy (non-hydrogen) atoms. The summed E-state index contributed by atoms with van der Waals surface area (Å²) < 4.78 is 10.6. The van der Waals surface area contributed by atoms with Crippen LogP contribution >= 0.6 is 0 Å². The number of urea groups is 1. The van der Waals surface area contributed by atoms with Gasteiger partial charge in [0.15, 0.2) is 0 Å². The minimum Gasteiger partial charge on any atom is -0.491 e. The third-order valence-electron chi connectivity index (χ3n) is 2.57. The zero-order chi connectivity index (χ0) is 16.5. The Bertz CT molecular complexity index is 518. The fraction of sp³-hybridized carbons (Fsp3) is 0.467. The van der Waals surface area contributed by atoms with Gasteiger partial charge < -0.3 is 25.8 Å². The minimum absolute atomic E-state index is 0.0983. The van der Waals surface area contributed by atoms with Crippen LogP contribution in [0.2, 0.25) is 0 Å². The highest BCUT2D eigenvalue weighted by atomic mass is 16.5. The summed E-state index contributed by atoms with van der Waals surface area (Å²) in [5.74, 6) is 0.254.